The topological polar surface area (TPSA) is 38.3 Å². The first-order valence-electron chi connectivity index (χ1n) is 6.90. The van der Waals surface area contributed by atoms with Crippen LogP contribution in [0.5, 0.6) is 5.75 Å². The normalized spacial score (nSPS) is 16.6. The molecule has 0 radical (unpaired) electrons. The highest BCUT2D eigenvalue weighted by atomic mass is 16.5. The van der Waals surface area contributed by atoms with Crippen molar-refractivity contribution >= 4 is 11.6 Å². The van der Waals surface area contributed by atoms with E-state index >= 15 is 0 Å². The molecule has 1 aliphatic heterocycles. The Morgan fingerprint density at radius 3 is 2.70 bits per heavy atom. The summed E-state index contributed by atoms with van der Waals surface area (Å²) in [4.78, 5) is 12.2. The number of hydrogen-bond acceptors (Lipinski definition) is 2. The first kappa shape index (κ1) is 12.7. The molecule has 0 saturated carbocycles. The number of anilines is 1. The highest BCUT2D eigenvalue weighted by Gasteiger charge is 2.30. The molecular formula is C17H17NO2. The average Bonchev–Trinajstić information content (AvgIpc) is 2.78. The predicted octanol–water partition coefficient (Wildman–Crippen LogP) is 3.36. The van der Waals surface area contributed by atoms with Crippen LogP contribution in [-0.4, -0.2) is 12.5 Å². The molecule has 0 fully saturated rings. The molecule has 1 aliphatic rings. The molecule has 20 heavy (non-hydrogen) atoms. The third-order valence-corrected chi connectivity index (χ3v) is 3.61. The van der Waals surface area contributed by atoms with Crippen LogP contribution in [0.4, 0.5) is 5.69 Å². The lowest BCUT2D eigenvalue weighted by atomic mass is 9.93. The average molecular weight is 267 g/mol. The Kier molecular flexibility index (Phi) is 3.42. The van der Waals surface area contributed by atoms with Gasteiger partial charge in [-0.1, -0.05) is 36.4 Å². The molecular weight excluding hydrogens is 250 g/mol. The second kappa shape index (κ2) is 5.37. The number of rotatable bonds is 4. The molecule has 102 valence electrons. The van der Waals surface area contributed by atoms with Gasteiger partial charge in [-0.15, -0.1) is 0 Å². The summed E-state index contributed by atoms with van der Waals surface area (Å²) >= 11 is 0. The Bertz CT molecular complexity index is 636. The standard InChI is InChI=1S/C17H17NO2/c1-2-20-16-10-6-3-7-12(16)11-14-13-8-4-5-9-15(13)18-17(14)19/h3-10,14H,2,11H2,1H3,(H,18,19)/t14-/m1/s1. The van der Waals surface area contributed by atoms with Gasteiger partial charge in [0.15, 0.2) is 0 Å². The summed E-state index contributed by atoms with van der Waals surface area (Å²) in [5, 5.41) is 2.94. The Labute approximate surface area is 118 Å². The molecule has 3 nitrogen and oxygen atoms in total. The van der Waals surface area contributed by atoms with E-state index in [1.54, 1.807) is 0 Å². The molecule has 0 saturated heterocycles. The quantitative estimate of drug-likeness (QED) is 0.922. The molecule has 3 rings (SSSR count). The number of hydrogen-bond donors (Lipinski definition) is 1. The SMILES string of the molecule is CCOc1ccccc1C[C@H]1C(=O)Nc2ccccc21. The summed E-state index contributed by atoms with van der Waals surface area (Å²) < 4.78 is 5.64. The number of ether oxygens (including phenoxy) is 1. The van der Waals surface area contributed by atoms with E-state index in [4.69, 9.17) is 4.74 Å². The number of carbonyl (C=O) groups is 1. The predicted molar refractivity (Wildman–Crippen MR) is 79.1 cm³/mol. The minimum atomic E-state index is -0.132. The maximum absolute atomic E-state index is 12.2. The summed E-state index contributed by atoms with van der Waals surface area (Å²) in [5.41, 5.74) is 3.08. The van der Waals surface area contributed by atoms with Gasteiger partial charge < -0.3 is 10.1 Å². The summed E-state index contributed by atoms with van der Waals surface area (Å²) in [6.07, 6.45) is 0.666. The third-order valence-electron chi connectivity index (χ3n) is 3.61. The number of nitrogens with one attached hydrogen (secondary N) is 1. The zero-order valence-electron chi connectivity index (χ0n) is 11.4. The Morgan fingerprint density at radius 1 is 1.10 bits per heavy atom. The molecule has 1 heterocycles. The van der Waals surface area contributed by atoms with Gasteiger partial charge in [-0.3, -0.25) is 4.79 Å². The maximum atomic E-state index is 12.2. The fourth-order valence-electron chi connectivity index (χ4n) is 2.67. The van der Waals surface area contributed by atoms with Crippen LogP contribution in [0.1, 0.15) is 24.0 Å². The molecule has 0 spiro atoms. The number of carbonyl (C=O) groups excluding carboxylic acids is 1. The van der Waals surface area contributed by atoms with Gasteiger partial charge >= 0.3 is 0 Å². The summed E-state index contributed by atoms with van der Waals surface area (Å²) in [6, 6.07) is 15.8. The van der Waals surface area contributed by atoms with E-state index in [1.807, 2.05) is 55.5 Å². The minimum Gasteiger partial charge on any atom is -0.494 e. The fraction of sp³-hybridized carbons (Fsp3) is 0.235. The molecule has 0 bridgehead atoms. The molecule has 1 amide bonds. The van der Waals surface area contributed by atoms with Crippen molar-refractivity contribution < 1.29 is 9.53 Å². The van der Waals surface area contributed by atoms with Gasteiger partial charge in [-0.25, -0.2) is 0 Å². The number of para-hydroxylation sites is 2. The molecule has 0 unspecified atom stereocenters. The summed E-state index contributed by atoms with van der Waals surface area (Å²) in [7, 11) is 0. The van der Waals surface area contributed by atoms with E-state index in [9.17, 15) is 4.79 Å². The van der Waals surface area contributed by atoms with E-state index in [1.165, 1.54) is 0 Å². The molecule has 2 aromatic carbocycles. The van der Waals surface area contributed by atoms with Crippen LogP contribution in [0.25, 0.3) is 0 Å². The number of benzene rings is 2. The van der Waals surface area contributed by atoms with Crippen molar-refractivity contribution in [3.8, 4) is 5.75 Å². The Hall–Kier alpha value is -2.29. The van der Waals surface area contributed by atoms with Gasteiger partial charge in [0, 0.05) is 5.69 Å². The Morgan fingerprint density at radius 2 is 1.85 bits per heavy atom. The van der Waals surface area contributed by atoms with Crippen LogP contribution < -0.4 is 10.1 Å². The lowest BCUT2D eigenvalue weighted by Gasteiger charge is -2.13. The lowest BCUT2D eigenvalue weighted by molar-refractivity contribution is -0.117. The zero-order chi connectivity index (χ0) is 13.9. The van der Waals surface area contributed by atoms with Crippen molar-refractivity contribution in [3.63, 3.8) is 0 Å². The van der Waals surface area contributed by atoms with Crippen LogP contribution >= 0.6 is 0 Å². The van der Waals surface area contributed by atoms with E-state index in [0.29, 0.717) is 13.0 Å². The van der Waals surface area contributed by atoms with Crippen LogP contribution in [0.15, 0.2) is 48.5 Å². The van der Waals surface area contributed by atoms with Gasteiger partial charge in [-0.05, 0) is 36.6 Å². The van der Waals surface area contributed by atoms with Gasteiger partial charge in [0.1, 0.15) is 5.75 Å². The zero-order valence-corrected chi connectivity index (χ0v) is 11.4. The lowest BCUT2D eigenvalue weighted by Crippen LogP contribution is -2.14. The van der Waals surface area contributed by atoms with E-state index in [2.05, 4.69) is 5.32 Å². The van der Waals surface area contributed by atoms with Crippen molar-refractivity contribution in [3.05, 3.63) is 59.7 Å². The minimum absolute atomic E-state index is 0.0671. The first-order chi connectivity index (χ1) is 9.79. The fourth-order valence-corrected chi connectivity index (χ4v) is 2.67. The van der Waals surface area contributed by atoms with Crippen LogP contribution in [0, 0.1) is 0 Å². The third kappa shape index (κ3) is 2.27. The van der Waals surface area contributed by atoms with Crippen molar-refractivity contribution in [2.24, 2.45) is 0 Å². The molecule has 0 aliphatic carbocycles. The van der Waals surface area contributed by atoms with E-state index in [-0.39, 0.29) is 11.8 Å². The highest BCUT2D eigenvalue weighted by Crippen LogP contribution is 2.36. The van der Waals surface area contributed by atoms with Crippen LogP contribution in [0.3, 0.4) is 0 Å². The van der Waals surface area contributed by atoms with Gasteiger partial charge in [0.2, 0.25) is 5.91 Å². The maximum Gasteiger partial charge on any atom is 0.232 e. The van der Waals surface area contributed by atoms with Gasteiger partial charge in [0.05, 0.1) is 12.5 Å². The Balaban J connectivity index is 1.90. The monoisotopic (exact) mass is 267 g/mol. The van der Waals surface area contributed by atoms with Gasteiger partial charge in [-0.2, -0.15) is 0 Å². The van der Waals surface area contributed by atoms with Crippen molar-refractivity contribution in [2.75, 3.05) is 11.9 Å². The smallest absolute Gasteiger partial charge is 0.232 e. The highest BCUT2D eigenvalue weighted by molar-refractivity contribution is 6.03. The molecule has 0 aromatic heterocycles. The van der Waals surface area contributed by atoms with Crippen molar-refractivity contribution in [1.29, 1.82) is 0 Å². The second-order valence-electron chi connectivity index (χ2n) is 4.87. The van der Waals surface area contributed by atoms with Gasteiger partial charge in [0.25, 0.3) is 0 Å². The number of fused-ring (bicyclic) bond motifs is 1. The summed E-state index contributed by atoms with van der Waals surface area (Å²) in [5.74, 6) is 0.803. The molecule has 3 heteroatoms. The molecule has 1 N–H and O–H groups in total. The van der Waals surface area contributed by atoms with E-state index in [0.717, 1.165) is 22.6 Å². The molecule has 2 aromatic rings. The van der Waals surface area contributed by atoms with E-state index < -0.39 is 0 Å². The van der Waals surface area contributed by atoms with Crippen LogP contribution in [0.2, 0.25) is 0 Å². The first-order valence-corrected chi connectivity index (χ1v) is 6.90. The van der Waals surface area contributed by atoms with Crippen molar-refractivity contribution in [2.45, 2.75) is 19.3 Å². The largest absolute Gasteiger partial charge is 0.494 e. The second-order valence-corrected chi connectivity index (χ2v) is 4.87. The summed E-state index contributed by atoms with van der Waals surface area (Å²) in [6.45, 7) is 2.60. The van der Waals surface area contributed by atoms with Crippen molar-refractivity contribution in [1.82, 2.24) is 0 Å². The molecule has 1 atom stereocenters. The van der Waals surface area contributed by atoms with Crippen LogP contribution in [-0.2, 0) is 11.2 Å². The number of amides is 1.